The maximum atomic E-state index is 5.25. The molecule has 0 amide bonds. The van der Waals surface area contributed by atoms with Crippen LogP contribution in [0.1, 0.15) is 24.8 Å². The largest absolute Gasteiger partial charge is 0.385 e. The van der Waals surface area contributed by atoms with E-state index in [0.717, 1.165) is 37.4 Å². The second-order valence-electron chi connectivity index (χ2n) is 6.98. The van der Waals surface area contributed by atoms with Crippen molar-refractivity contribution in [2.75, 3.05) is 40.4 Å². The summed E-state index contributed by atoms with van der Waals surface area (Å²) >= 11 is 0. The SMILES string of the molecule is COCCCN(Cc1cnc(-c2ccccn2)nc1)C1CCN(C)CC1. The topological polar surface area (TPSA) is 54.4 Å². The monoisotopic (exact) mass is 355 g/mol. The van der Waals surface area contributed by atoms with Gasteiger partial charge < -0.3 is 9.64 Å². The highest BCUT2D eigenvalue weighted by molar-refractivity contribution is 5.47. The molecule has 6 heteroatoms. The standard InChI is InChI=1S/C20H29N5O/c1-24-11-7-18(8-12-24)25(10-5-13-26-2)16-17-14-22-20(23-15-17)19-6-3-4-9-21-19/h3-4,6,9,14-15,18H,5,7-8,10-13,16H2,1-2H3. The normalized spacial score (nSPS) is 16.3. The lowest BCUT2D eigenvalue weighted by atomic mass is 10.0. The van der Waals surface area contributed by atoms with Crippen molar-refractivity contribution in [3.8, 4) is 11.5 Å². The van der Waals surface area contributed by atoms with E-state index < -0.39 is 0 Å². The van der Waals surface area contributed by atoms with Crippen LogP contribution in [0.25, 0.3) is 11.5 Å². The summed E-state index contributed by atoms with van der Waals surface area (Å²) in [5.41, 5.74) is 1.97. The smallest absolute Gasteiger partial charge is 0.178 e. The number of methoxy groups -OCH3 is 1. The van der Waals surface area contributed by atoms with Gasteiger partial charge in [0.25, 0.3) is 0 Å². The van der Waals surface area contributed by atoms with Gasteiger partial charge in [0, 0.05) is 57.0 Å². The second-order valence-corrected chi connectivity index (χ2v) is 6.98. The van der Waals surface area contributed by atoms with E-state index in [0.29, 0.717) is 11.9 Å². The molecule has 1 fully saturated rings. The van der Waals surface area contributed by atoms with Gasteiger partial charge in [-0.05, 0) is 51.5 Å². The molecule has 0 saturated carbocycles. The fourth-order valence-electron chi connectivity index (χ4n) is 3.46. The van der Waals surface area contributed by atoms with Crippen LogP contribution in [-0.2, 0) is 11.3 Å². The minimum atomic E-state index is 0.624. The van der Waals surface area contributed by atoms with Crippen LogP contribution in [0.2, 0.25) is 0 Å². The summed E-state index contributed by atoms with van der Waals surface area (Å²) in [4.78, 5) is 18.3. The molecule has 2 aromatic rings. The van der Waals surface area contributed by atoms with Crippen molar-refractivity contribution in [1.82, 2.24) is 24.8 Å². The Morgan fingerprint density at radius 3 is 2.58 bits per heavy atom. The Morgan fingerprint density at radius 2 is 1.92 bits per heavy atom. The maximum absolute atomic E-state index is 5.25. The molecular formula is C20H29N5O. The minimum Gasteiger partial charge on any atom is -0.385 e. The van der Waals surface area contributed by atoms with E-state index in [2.05, 4.69) is 31.8 Å². The first-order valence-corrected chi connectivity index (χ1v) is 9.40. The van der Waals surface area contributed by atoms with Gasteiger partial charge in [0.1, 0.15) is 5.69 Å². The maximum Gasteiger partial charge on any atom is 0.178 e. The third-order valence-electron chi connectivity index (χ3n) is 4.98. The van der Waals surface area contributed by atoms with E-state index in [4.69, 9.17) is 4.74 Å². The lowest BCUT2D eigenvalue weighted by Gasteiger charge is -2.37. The molecule has 2 aromatic heterocycles. The molecule has 0 aliphatic carbocycles. The van der Waals surface area contributed by atoms with Crippen molar-refractivity contribution in [3.63, 3.8) is 0 Å². The van der Waals surface area contributed by atoms with E-state index in [-0.39, 0.29) is 0 Å². The molecule has 0 N–H and O–H groups in total. The number of nitrogens with zero attached hydrogens (tertiary/aromatic N) is 5. The number of ether oxygens (including phenoxy) is 1. The third-order valence-corrected chi connectivity index (χ3v) is 4.98. The first kappa shape index (κ1) is 18.9. The van der Waals surface area contributed by atoms with Crippen molar-refractivity contribution < 1.29 is 4.74 Å². The van der Waals surface area contributed by atoms with E-state index >= 15 is 0 Å². The lowest BCUT2D eigenvalue weighted by molar-refractivity contribution is 0.0998. The Bertz CT molecular complexity index is 641. The van der Waals surface area contributed by atoms with Gasteiger partial charge in [-0.1, -0.05) is 6.07 Å². The van der Waals surface area contributed by atoms with Gasteiger partial charge in [-0.15, -0.1) is 0 Å². The molecule has 1 aliphatic heterocycles. The number of aromatic nitrogens is 3. The molecule has 1 aliphatic rings. The Labute approximate surface area is 156 Å². The molecule has 3 rings (SSSR count). The van der Waals surface area contributed by atoms with Crippen molar-refractivity contribution in [2.24, 2.45) is 0 Å². The summed E-state index contributed by atoms with van der Waals surface area (Å²) in [5, 5.41) is 0. The van der Waals surface area contributed by atoms with Crippen molar-refractivity contribution in [1.29, 1.82) is 0 Å². The summed E-state index contributed by atoms with van der Waals surface area (Å²) < 4.78 is 5.25. The molecule has 3 heterocycles. The molecule has 0 spiro atoms. The quantitative estimate of drug-likeness (QED) is 0.678. The van der Waals surface area contributed by atoms with Gasteiger partial charge in [0.05, 0.1) is 0 Å². The number of hydrogen-bond acceptors (Lipinski definition) is 6. The molecule has 26 heavy (non-hydrogen) atoms. The average molecular weight is 355 g/mol. The molecular weight excluding hydrogens is 326 g/mol. The van der Waals surface area contributed by atoms with Crippen molar-refractivity contribution in [2.45, 2.75) is 31.8 Å². The predicted molar refractivity (Wildman–Crippen MR) is 103 cm³/mol. The van der Waals surface area contributed by atoms with Gasteiger partial charge in [0.2, 0.25) is 0 Å². The highest BCUT2D eigenvalue weighted by atomic mass is 16.5. The third kappa shape index (κ3) is 5.30. The van der Waals surface area contributed by atoms with Crippen LogP contribution in [0, 0.1) is 0 Å². The average Bonchev–Trinajstić information content (AvgIpc) is 2.69. The summed E-state index contributed by atoms with van der Waals surface area (Å²) in [7, 11) is 3.97. The first-order chi connectivity index (χ1) is 12.8. The Morgan fingerprint density at radius 1 is 1.15 bits per heavy atom. The number of piperidine rings is 1. The summed E-state index contributed by atoms with van der Waals surface area (Å²) in [6.07, 6.45) is 9.14. The van der Waals surface area contributed by atoms with Gasteiger partial charge in [-0.2, -0.15) is 0 Å². The summed E-state index contributed by atoms with van der Waals surface area (Å²) in [6.45, 7) is 5.07. The number of rotatable bonds is 8. The molecule has 0 bridgehead atoms. The lowest BCUT2D eigenvalue weighted by Crippen LogP contribution is -2.44. The fourth-order valence-corrected chi connectivity index (χ4v) is 3.46. The second kappa shape index (κ2) is 9.71. The number of hydrogen-bond donors (Lipinski definition) is 0. The van der Waals surface area contributed by atoms with Gasteiger partial charge >= 0.3 is 0 Å². The Balaban J connectivity index is 1.65. The van der Waals surface area contributed by atoms with Crippen LogP contribution in [0.3, 0.4) is 0 Å². The number of pyridine rings is 1. The van der Waals surface area contributed by atoms with Gasteiger partial charge in [-0.3, -0.25) is 9.88 Å². The van der Waals surface area contributed by atoms with Crippen LogP contribution >= 0.6 is 0 Å². The Hall–Kier alpha value is -1.89. The molecule has 0 unspecified atom stereocenters. The first-order valence-electron chi connectivity index (χ1n) is 9.40. The van der Waals surface area contributed by atoms with E-state index in [9.17, 15) is 0 Å². The van der Waals surface area contributed by atoms with Crippen molar-refractivity contribution >= 4 is 0 Å². The molecule has 140 valence electrons. The van der Waals surface area contributed by atoms with E-state index in [1.54, 1.807) is 13.3 Å². The zero-order valence-corrected chi connectivity index (χ0v) is 15.8. The molecule has 0 radical (unpaired) electrons. The van der Waals surface area contributed by atoms with Crippen LogP contribution in [0.15, 0.2) is 36.8 Å². The van der Waals surface area contributed by atoms with E-state index in [1.807, 2.05) is 30.6 Å². The zero-order valence-electron chi connectivity index (χ0n) is 15.8. The fraction of sp³-hybridized carbons (Fsp3) is 0.550. The number of likely N-dealkylation sites (tertiary alicyclic amines) is 1. The van der Waals surface area contributed by atoms with Crippen LogP contribution in [0.5, 0.6) is 0 Å². The minimum absolute atomic E-state index is 0.624. The van der Waals surface area contributed by atoms with Gasteiger partial charge in [-0.25, -0.2) is 9.97 Å². The zero-order chi connectivity index (χ0) is 18.2. The Kier molecular flexibility index (Phi) is 7.05. The van der Waals surface area contributed by atoms with Crippen LogP contribution in [-0.4, -0.2) is 71.2 Å². The van der Waals surface area contributed by atoms with Gasteiger partial charge in [0.15, 0.2) is 5.82 Å². The van der Waals surface area contributed by atoms with Crippen LogP contribution < -0.4 is 0 Å². The van der Waals surface area contributed by atoms with Crippen LogP contribution in [0.4, 0.5) is 0 Å². The molecule has 0 aromatic carbocycles. The molecule has 1 saturated heterocycles. The highest BCUT2D eigenvalue weighted by Gasteiger charge is 2.23. The van der Waals surface area contributed by atoms with Crippen molar-refractivity contribution in [3.05, 3.63) is 42.4 Å². The predicted octanol–water partition coefficient (Wildman–Crippen LogP) is 2.47. The molecule has 6 nitrogen and oxygen atoms in total. The summed E-state index contributed by atoms with van der Waals surface area (Å²) in [6, 6.07) is 6.41. The highest BCUT2D eigenvalue weighted by Crippen LogP contribution is 2.19. The summed E-state index contributed by atoms with van der Waals surface area (Å²) in [5.74, 6) is 0.680. The van der Waals surface area contributed by atoms with E-state index in [1.165, 1.54) is 25.9 Å². The molecule has 0 atom stereocenters.